The Kier molecular flexibility index (Phi) is 4.22. The summed E-state index contributed by atoms with van der Waals surface area (Å²) in [6, 6.07) is 4.68. The highest BCUT2D eigenvalue weighted by Crippen LogP contribution is 2.31. The highest BCUT2D eigenvalue weighted by Gasteiger charge is 2.47. The van der Waals surface area contributed by atoms with E-state index in [0.29, 0.717) is 35.1 Å². The van der Waals surface area contributed by atoms with Crippen molar-refractivity contribution >= 4 is 41.2 Å². The van der Waals surface area contributed by atoms with E-state index in [1.54, 1.807) is 18.2 Å². The van der Waals surface area contributed by atoms with Crippen LogP contribution in [0.25, 0.3) is 0 Å². The zero-order valence-electron chi connectivity index (χ0n) is 10.8. The van der Waals surface area contributed by atoms with Gasteiger partial charge in [0.1, 0.15) is 0 Å². The molecule has 1 heterocycles. The normalized spacial score (nSPS) is 21.9. The molecule has 0 radical (unpaired) electrons. The number of rotatable bonds is 3. The van der Waals surface area contributed by atoms with Crippen molar-refractivity contribution in [1.29, 1.82) is 0 Å². The topological polar surface area (TPSA) is 60.9 Å². The van der Waals surface area contributed by atoms with Crippen molar-refractivity contribution < 1.29 is 14.7 Å². The maximum atomic E-state index is 12.4. The molecule has 0 bridgehead atoms. The van der Waals surface area contributed by atoms with Gasteiger partial charge in [0.05, 0.1) is 0 Å². The van der Waals surface area contributed by atoms with Crippen LogP contribution in [0.2, 0.25) is 10.0 Å². The molecule has 2 amide bonds. The Bertz CT molecular complexity index is 532. The predicted octanol–water partition coefficient (Wildman–Crippen LogP) is 1.90. The molecular formula is C13H14Cl2N2O3. The second kappa shape index (κ2) is 5.60. The molecule has 1 unspecified atom stereocenters. The van der Waals surface area contributed by atoms with Crippen LogP contribution in [-0.4, -0.2) is 41.6 Å². The van der Waals surface area contributed by atoms with Gasteiger partial charge in [0, 0.05) is 35.7 Å². The summed E-state index contributed by atoms with van der Waals surface area (Å²) < 4.78 is 0. The molecule has 0 spiro atoms. The van der Waals surface area contributed by atoms with Crippen molar-refractivity contribution in [3.63, 3.8) is 0 Å². The van der Waals surface area contributed by atoms with E-state index in [9.17, 15) is 14.7 Å². The molecule has 1 N–H and O–H groups in total. The largest absolute Gasteiger partial charge is 0.363 e. The van der Waals surface area contributed by atoms with Gasteiger partial charge < -0.3 is 14.9 Å². The van der Waals surface area contributed by atoms with Crippen molar-refractivity contribution in [2.45, 2.75) is 18.6 Å². The number of hydrogen-bond donors (Lipinski definition) is 1. The maximum absolute atomic E-state index is 12.4. The van der Waals surface area contributed by atoms with Crippen LogP contribution in [0, 0.1) is 0 Å². The van der Waals surface area contributed by atoms with Gasteiger partial charge in [0.15, 0.2) is 0 Å². The average molecular weight is 317 g/mol. The van der Waals surface area contributed by atoms with Crippen LogP contribution in [0.1, 0.15) is 12.8 Å². The van der Waals surface area contributed by atoms with Gasteiger partial charge in [-0.05, 0) is 24.6 Å². The summed E-state index contributed by atoms with van der Waals surface area (Å²) in [6.45, 7) is 0.357. The Morgan fingerprint density at radius 1 is 1.40 bits per heavy atom. The third-order valence-electron chi connectivity index (χ3n) is 3.41. The zero-order chi connectivity index (χ0) is 14.9. The summed E-state index contributed by atoms with van der Waals surface area (Å²) in [4.78, 5) is 25.8. The number of likely N-dealkylation sites (N-methyl/N-ethyl adjacent to an activating group) is 1. The van der Waals surface area contributed by atoms with E-state index >= 15 is 0 Å². The molecule has 1 aromatic rings. The first kappa shape index (κ1) is 15.1. The standard InChI is InChI=1S/C13H14Cl2N2O3/c1-16(11-6-9(14)5-10(15)7-11)12(19)13(20)3-2-4-17(13)8-18/h5-8,20H,2-4H2,1H3. The van der Waals surface area contributed by atoms with Gasteiger partial charge in [0.2, 0.25) is 12.1 Å². The van der Waals surface area contributed by atoms with Crippen molar-refractivity contribution in [1.82, 2.24) is 4.90 Å². The quantitative estimate of drug-likeness (QED) is 0.866. The zero-order valence-corrected chi connectivity index (χ0v) is 12.4. The van der Waals surface area contributed by atoms with Gasteiger partial charge in [-0.1, -0.05) is 23.2 Å². The fourth-order valence-corrected chi connectivity index (χ4v) is 2.83. The van der Waals surface area contributed by atoms with Gasteiger partial charge in [-0.15, -0.1) is 0 Å². The minimum absolute atomic E-state index is 0.212. The first-order valence-corrected chi connectivity index (χ1v) is 6.83. The molecule has 1 saturated heterocycles. The number of hydrogen-bond acceptors (Lipinski definition) is 3. The molecule has 7 heteroatoms. The Hall–Kier alpha value is -1.30. The van der Waals surface area contributed by atoms with E-state index in [2.05, 4.69) is 0 Å². The van der Waals surface area contributed by atoms with Crippen molar-refractivity contribution in [2.24, 2.45) is 0 Å². The van der Waals surface area contributed by atoms with E-state index in [0.717, 1.165) is 4.90 Å². The van der Waals surface area contributed by atoms with Crippen molar-refractivity contribution in [3.8, 4) is 0 Å². The SMILES string of the molecule is CN(C(=O)C1(O)CCCN1C=O)c1cc(Cl)cc(Cl)c1. The summed E-state index contributed by atoms with van der Waals surface area (Å²) in [5.74, 6) is -0.583. The van der Waals surface area contributed by atoms with Crippen LogP contribution < -0.4 is 4.90 Å². The predicted molar refractivity (Wildman–Crippen MR) is 76.8 cm³/mol. The first-order valence-electron chi connectivity index (χ1n) is 6.07. The fourth-order valence-electron chi connectivity index (χ4n) is 2.31. The van der Waals surface area contributed by atoms with E-state index in [4.69, 9.17) is 23.2 Å². The van der Waals surface area contributed by atoms with Gasteiger partial charge >= 0.3 is 0 Å². The van der Waals surface area contributed by atoms with Crippen molar-refractivity contribution in [3.05, 3.63) is 28.2 Å². The monoisotopic (exact) mass is 316 g/mol. The van der Waals surface area contributed by atoms with E-state index in [1.807, 2.05) is 0 Å². The molecule has 1 aliphatic rings. The van der Waals surface area contributed by atoms with Crippen LogP contribution in [0.3, 0.4) is 0 Å². The molecule has 1 atom stereocenters. The third-order valence-corrected chi connectivity index (χ3v) is 3.84. The number of amides is 2. The second-order valence-electron chi connectivity index (χ2n) is 4.71. The first-order chi connectivity index (χ1) is 9.38. The Morgan fingerprint density at radius 2 is 2.00 bits per heavy atom. The number of likely N-dealkylation sites (tertiary alicyclic amines) is 1. The molecule has 108 valence electrons. The van der Waals surface area contributed by atoms with Gasteiger partial charge in [-0.3, -0.25) is 9.59 Å². The summed E-state index contributed by atoms with van der Waals surface area (Å²) in [5.41, 5.74) is -1.34. The Balaban J connectivity index is 2.30. The smallest absolute Gasteiger partial charge is 0.280 e. The fraction of sp³-hybridized carbons (Fsp3) is 0.385. The van der Waals surface area contributed by atoms with Crippen molar-refractivity contribution in [2.75, 3.05) is 18.5 Å². The molecule has 2 rings (SSSR count). The lowest BCUT2D eigenvalue weighted by molar-refractivity contribution is -0.159. The Labute approximate surface area is 126 Å². The number of halogens is 2. The van der Waals surface area contributed by atoms with Crippen LogP contribution in [0.5, 0.6) is 0 Å². The van der Waals surface area contributed by atoms with Gasteiger partial charge in [-0.2, -0.15) is 0 Å². The third kappa shape index (κ3) is 2.61. The minimum atomic E-state index is -1.80. The van der Waals surface area contributed by atoms with Gasteiger partial charge in [0.25, 0.3) is 5.91 Å². The molecule has 0 aliphatic carbocycles. The lowest BCUT2D eigenvalue weighted by Gasteiger charge is -2.33. The van der Waals surface area contributed by atoms with Crippen LogP contribution >= 0.6 is 23.2 Å². The van der Waals surface area contributed by atoms with Crippen LogP contribution in [0.4, 0.5) is 5.69 Å². The molecule has 0 saturated carbocycles. The maximum Gasteiger partial charge on any atom is 0.280 e. The number of aliphatic hydroxyl groups is 1. The molecule has 20 heavy (non-hydrogen) atoms. The number of carbonyl (C=O) groups is 2. The van der Waals surface area contributed by atoms with E-state index < -0.39 is 11.6 Å². The lowest BCUT2D eigenvalue weighted by atomic mass is 10.1. The summed E-state index contributed by atoms with van der Waals surface area (Å²) in [7, 11) is 1.50. The second-order valence-corrected chi connectivity index (χ2v) is 5.58. The van der Waals surface area contributed by atoms with E-state index in [-0.39, 0.29) is 6.42 Å². The summed E-state index contributed by atoms with van der Waals surface area (Å²) in [5, 5.41) is 11.2. The average Bonchev–Trinajstić information content (AvgIpc) is 2.78. The highest BCUT2D eigenvalue weighted by molar-refractivity contribution is 6.35. The molecular weight excluding hydrogens is 303 g/mol. The number of carbonyl (C=O) groups excluding carboxylic acids is 2. The minimum Gasteiger partial charge on any atom is -0.363 e. The molecule has 1 aromatic carbocycles. The van der Waals surface area contributed by atoms with Crippen LogP contribution in [-0.2, 0) is 9.59 Å². The Morgan fingerprint density at radius 3 is 2.55 bits per heavy atom. The number of anilines is 1. The number of benzene rings is 1. The molecule has 5 nitrogen and oxygen atoms in total. The van der Waals surface area contributed by atoms with Crippen LogP contribution in [0.15, 0.2) is 18.2 Å². The van der Waals surface area contributed by atoms with E-state index in [1.165, 1.54) is 11.9 Å². The lowest BCUT2D eigenvalue weighted by Crippen LogP contribution is -2.55. The molecule has 1 aliphatic heterocycles. The highest BCUT2D eigenvalue weighted by atomic mass is 35.5. The molecule has 1 fully saturated rings. The summed E-state index contributed by atoms with van der Waals surface area (Å²) in [6.07, 6.45) is 1.28. The van der Waals surface area contributed by atoms with Gasteiger partial charge in [-0.25, -0.2) is 0 Å². The summed E-state index contributed by atoms with van der Waals surface area (Å²) >= 11 is 11.8. The molecule has 0 aromatic heterocycles. The number of nitrogens with zero attached hydrogens (tertiary/aromatic N) is 2.